The molecule has 1 amide bonds. The Hall–Kier alpha value is -2.17. The number of hydrogen-bond acceptors (Lipinski definition) is 4. The van der Waals surface area contributed by atoms with Gasteiger partial charge in [-0.3, -0.25) is 9.78 Å². The maximum absolute atomic E-state index is 12.8. The lowest BCUT2D eigenvalue weighted by Crippen LogP contribution is -2.35. The molecular weight excluding hydrogens is 266 g/mol. The normalized spacial score (nSPS) is 19.3. The van der Waals surface area contributed by atoms with E-state index in [1.165, 1.54) is 0 Å². The summed E-state index contributed by atoms with van der Waals surface area (Å²) in [5, 5.41) is 4.12. The maximum atomic E-state index is 12.8. The molecule has 1 atom stereocenters. The molecule has 110 valence electrons. The van der Waals surface area contributed by atoms with Crippen LogP contribution < -0.4 is 0 Å². The van der Waals surface area contributed by atoms with Gasteiger partial charge in [-0.15, -0.1) is 0 Å². The SMILES string of the molecule is Cc1cc([C@@H]2CCCCCN2C(=O)c2cccnc2)no1. The fourth-order valence-electron chi connectivity index (χ4n) is 2.86. The second kappa shape index (κ2) is 6.08. The number of hydrogen-bond donors (Lipinski definition) is 0. The van der Waals surface area contributed by atoms with Crippen LogP contribution in [0.2, 0.25) is 0 Å². The Morgan fingerprint density at radius 3 is 3.00 bits per heavy atom. The second-order valence-corrected chi connectivity index (χ2v) is 5.47. The second-order valence-electron chi connectivity index (χ2n) is 5.47. The van der Waals surface area contributed by atoms with Gasteiger partial charge in [0.15, 0.2) is 0 Å². The summed E-state index contributed by atoms with van der Waals surface area (Å²) in [6.45, 7) is 2.63. The largest absolute Gasteiger partial charge is 0.361 e. The summed E-state index contributed by atoms with van der Waals surface area (Å²) in [7, 11) is 0. The highest BCUT2D eigenvalue weighted by molar-refractivity contribution is 5.94. The zero-order chi connectivity index (χ0) is 14.7. The van der Waals surface area contributed by atoms with Crippen LogP contribution >= 0.6 is 0 Å². The number of likely N-dealkylation sites (tertiary alicyclic amines) is 1. The predicted octanol–water partition coefficient (Wildman–Crippen LogP) is 3.14. The number of amides is 1. The zero-order valence-corrected chi connectivity index (χ0v) is 12.2. The van der Waals surface area contributed by atoms with Crippen molar-refractivity contribution in [1.29, 1.82) is 0 Å². The topological polar surface area (TPSA) is 59.2 Å². The monoisotopic (exact) mass is 285 g/mol. The van der Waals surface area contributed by atoms with E-state index in [9.17, 15) is 4.79 Å². The fraction of sp³-hybridized carbons (Fsp3) is 0.438. The van der Waals surface area contributed by atoms with Crippen molar-refractivity contribution in [2.75, 3.05) is 6.54 Å². The molecule has 0 N–H and O–H groups in total. The van der Waals surface area contributed by atoms with E-state index >= 15 is 0 Å². The molecule has 3 rings (SSSR count). The number of aryl methyl sites for hydroxylation is 1. The molecule has 1 fully saturated rings. The third kappa shape index (κ3) is 2.96. The minimum atomic E-state index is -0.00217. The molecule has 1 saturated heterocycles. The minimum Gasteiger partial charge on any atom is -0.361 e. The maximum Gasteiger partial charge on any atom is 0.255 e. The van der Waals surface area contributed by atoms with Crippen molar-refractivity contribution in [2.45, 2.75) is 38.6 Å². The number of pyridine rings is 1. The Kier molecular flexibility index (Phi) is 3.99. The Bertz CT molecular complexity index is 609. The van der Waals surface area contributed by atoms with E-state index in [0.29, 0.717) is 5.56 Å². The summed E-state index contributed by atoms with van der Waals surface area (Å²) < 4.78 is 5.19. The highest BCUT2D eigenvalue weighted by Crippen LogP contribution is 2.30. The van der Waals surface area contributed by atoms with Gasteiger partial charge in [-0.05, 0) is 31.9 Å². The van der Waals surface area contributed by atoms with Crippen molar-refractivity contribution in [3.63, 3.8) is 0 Å². The van der Waals surface area contributed by atoms with Gasteiger partial charge in [0.1, 0.15) is 11.5 Å². The van der Waals surface area contributed by atoms with Crippen molar-refractivity contribution < 1.29 is 9.32 Å². The molecule has 5 nitrogen and oxygen atoms in total. The average Bonchev–Trinajstić information content (AvgIpc) is 2.80. The van der Waals surface area contributed by atoms with Crippen molar-refractivity contribution in [3.8, 4) is 0 Å². The molecular formula is C16H19N3O2. The number of rotatable bonds is 2. The molecule has 0 saturated carbocycles. The van der Waals surface area contributed by atoms with Gasteiger partial charge in [0.2, 0.25) is 0 Å². The van der Waals surface area contributed by atoms with Gasteiger partial charge in [-0.25, -0.2) is 0 Å². The standard InChI is InChI=1S/C16H19N3O2/c1-12-10-14(18-21-12)15-7-3-2-4-9-19(15)16(20)13-6-5-8-17-11-13/h5-6,8,10-11,15H,2-4,7,9H2,1H3/t15-/m0/s1. The summed E-state index contributed by atoms with van der Waals surface area (Å²) in [6, 6.07) is 5.53. The molecule has 2 aromatic heterocycles. The zero-order valence-electron chi connectivity index (χ0n) is 12.2. The van der Waals surface area contributed by atoms with Gasteiger partial charge >= 0.3 is 0 Å². The number of aromatic nitrogens is 2. The lowest BCUT2D eigenvalue weighted by atomic mass is 10.1. The first kappa shape index (κ1) is 13.8. The number of carbonyl (C=O) groups excluding carboxylic acids is 1. The third-order valence-corrected chi connectivity index (χ3v) is 3.91. The Balaban J connectivity index is 1.90. The molecule has 21 heavy (non-hydrogen) atoms. The smallest absolute Gasteiger partial charge is 0.255 e. The molecule has 0 bridgehead atoms. The van der Waals surface area contributed by atoms with Gasteiger partial charge in [0.25, 0.3) is 5.91 Å². The summed E-state index contributed by atoms with van der Waals surface area (Å²) in [6.07, 6.45) is 7.50. The summed E-state index contributed by atoms with van der Waals surface area (Å²) in [5.74, 6) is 0.804. The van der Waals surface area contributed by atoms with E-state index < -0.39 is 0 Å². The minimum absolute atomic E-state index is 0.00217. The number of carbonyl (C=O) groups is 1. The van der Waals surface area contributed by atoms with E-state index in [1.54, 1.807) is 18.5 Å². The first-order valence-electron chi connectivity index (χ1n) is 7.40. The van der Waals surface area contributed by atoms with Crippen LogP contribution in [0.15, 0.2) is 35.1 Å². The van der Waals surface area contributed by atoms with E-state index in [2.05, 4.69) is 10.1 Å². The molecule has 1 aliphatic heterocycles. The Labute approximate surface area is 124 Å². The van der Waals surface area contributed by atoms with E-state index in [1.807, 2.05) is 24.0 Å². The van der Waals surface area contributed by atoms with Crippen LogP contribution in [0.4, 0.5) is 0 Å². The predicted molar refractivity (Wildman–Crippen MR) is 77.7 cm³/mol. The first-order valence-corrected chi connectivity index (χ1v) is 7.40. The van der Waals surface area contributed by atoms with E-state index in [4.69, 9.17) is 4.52 Å². The molecule has 5 heteroatoms. The highest BCUT2D eigenvalue weighted by Gasteiger charge is 2.29. The van der Waals surface area contributed by atoms with E-state index in [-0.39, 0.29) is 11.9 Å². The average molecular weight is 285 g/mol. The van der Waals surface area contributed by atoms with Crippen LogP contribution in [0.3, 0.4) is 0 Å². The molecule has 2 aromatic rings. The Morgan fingerprint density at radius 2 is 2.29 bits per heavy atom. The van der Waals surface area contributed by atoms with Gasteiger partial charge < -0.3 is 9.42 Å². The van der Waals surface area contributed by atoms with E-state index in [0.717, 1.165) is 43.7 Å². The molecule has 0 spiro atoms. The van der Waals surface area contributed by atoms with Gasteiger partial charge in [0.05, 0.1) is 11.6 Å². The number of nitrogens with zero attached hydrogens (tertiary/aromatic N) is 3. The van der Waals surface area contributed by atoms with Gasteiger partial charge in [-0.2, -0.15) is 0 Å². The lowest BCUT2D eigenvalue weighted by Gasteiger charge is -2.28. The fourth-order valence-corrected chi connectivity index (χ4v) is 2.86. The van der Waals surface area contributed by atoms with Crippen LogP contribution in [0.5, 0.6) is 0 Å². The molecule has 1 aliphatic rings. The van der Waals surface area contributed by atoms with Crippen molar-refractivity contribution in [1.82, 2.24) is 15.0 Å². The first-order chi connectivity index (χ1) is 10.3. The molecule has 3 heterocycles. The molecule has 0 aliphatic carbocycles. The quantitative estimate of drug-likeness (QED) is 0.850. The summed E-state index contributed by atoms with van der Waals surface area (Å²) in [5.41, 5.74) is 1.48. The van der Waals surface area contributed by atoms with Crippen LogP contribution in [-0.2, 0) is 0 Å². The van der Waals surface area contributed by atoms with Crippen LogP contribution in [0.1, 0.15) is 53.5 Å². The summed E-state index contributed by atoms with van der Waals surface area (Å²) >= 11 is 0. The van der Waals surface area contributed by atoms with Crippen LogP contribution in [0, 0.1) is 6.92 Å². The summed E-state index contributed by atoms with van der Waals surface area (Å²) in [4.78, 5) is 18.7. The van der Waals surface area contributed by atoms with Crippen molar-refractivity contribution >= 4 is 5.91 Å². The van der Waals surface area contributed by atoms with Crippen LogP contribution in [0.25, 0.3) is 0 Å². The van der Waals surface area contributed by atoms with Crippen molar-refractivity contribution in [3.05, 3.63) is 47.6 Å². The highest BCUT2D eigenvalue weighted by atomic mass is 16.5. The van der Waals surface area contributed by atoms with Crippen molar-refractivity contribution in [2.24, 2.45) is 0 Å². The lowest BCUT2D eigenvalue weighted by molar-refractivity contribution is 0.0673. The third-order valence-electron chi connectivity index (χ3n) is 3.91. The molecule has 0 radical (unpaired) electrons. The Morgan fingerprint density at radius 1 is 1.38 bits per heavy atom. The molecule has 0 aromatic carbocycles. The molecule has 0 unspecified atom stereocenters. The van der Waals surface area contributed by atoms with Gasteiger partial charge in [-0.1, -0.05) is 18.0 Å². The van der Waals surface area contributed by atoms with Gasteiger partial charge in [0, 0.05) is 25.0 Å². The van der Waals surface area contributed by atoms with Crippen LogP contribution in [-0.4, -0.2) is 27.5 Å².